The molecule has 3 rings (SSSR count). The van der Waals surface area contributed by atoms with Crippen molar-refractivity contribution in [1.29, 1.82) is 5.26 Å². The van der Waals surface area contributed by atoms with Crippen molar-refractivity contribution < 1.29 is 14.0 Å². The summed E-state index contributed by atoms with van der Waals surface area (Å²) in [5.74, 6) is 0.913. The van der Waals surface area contributed by atoms with Crippen molar-refractivity contribution in [2.45, 2.75) is 38.9 Å². The van der Waals surface area contributed by atoms with Crippen LogP contribution in [-0.4, -0.2) is 18.3 Å². The molecule has 2 N–H and O–H groups in total. The minimum Gasteiger partial charge on any atom is -0.456 e. The van der Waals surface area contributed by atoms with E-state index in [4.69, 9.17) is 31.4 Å². The van der Waals surface area contributed by atoms with Crippen molar-refractivity contribution >= 4 is 29.9 Å². The van der Waals surface area contributed by atoms with Gasteiger partial charge in [-0.05, 0) is 64.1 Å². The van der Waals surface area contributed by atoms with Crippen molar-refractivity contribution in [3.8, 4) is 17.6 Å². The topological polar surface area (TPSA) is 77.5 Å². The summed E-state index contributed by atoms with van der Waals surface area (Å²) >= 11 is 5.95. The molecule has 0 aromatic heterocycles. The molecular formula is C19H20BClN2O3. The molecule has 134 valence electrons. The van der Waals surface area contributed by atoms with Gasteiger partial charge in [0.1, 0.15) is 17.6 Å². The Kier molecular flexibility index (Phi) is 4.66. The van der Waals surface area contributed by atoms with Crippen LogP contribution in [0.1, 0.15) is 33.3 Å². The fourth-order valence-corrected chi connectivity index (χ4v) is 2.78. The van der Waals surface area contributed by atoms with Crippen molar-refractivity contribution in [2.75, 3.05) is 5.73 Å². The third-order valence-electron chi connectivity index (χ3n) is 4.82. The van der Waals surface area contributed by atoms with Gasteiger partial charge in [0, 0.05) is 16.2 Å². The third-order valence-corrected chi connectivity index (χ3v) is 5.06. The van der Waals surface area contributed by atoms with Crippen molar-refractivity contribution in [3.63, 3.8) is 0 Å². The summed E-state index contributed by atoms with van der Waals surface area (Å²) in [4.78, 5) is 0. The summed E-state index contributed by atoms with van der Waals surface area (Å²) in [6.45, 7) is 7.92. The molecule has 0 bridgehead atoms. The van der Waals surface area contributed by atoms with E-state index < -0.39 is 18.3 Å². The van der Waals surface area contributed by atoms with Gasteiger partial charge in [0.25, 0.3) is 0 Å². The molecule has 0 saturated carbocycles. The second-order valence-electron chi connectivity index (χ2n) is 7.24. The third kappa shape index (κ3) is 3.38. The van der Waals surface area contributed by atoms with Crippen LogP contribution < -0.4 is 15.9 Å². The second-order valence-corrected chi connectivity index (χ2v) is 7.68. The highest BCUT2D eigenvalue weighted by atomic mass is 35.5. The van der Waals surface area contributed by atoms with Gasteiger partial charge < -0.3 is 19.8 Å². The number of halogens is 1. The van der Waals surface area contributed by atoms with Gasteiger partial charge in [-0.15, -0.1) is 0 Å². The molecule has 0 aliphatic carbocycles. The number of nitrogen functional groups attached to an aromatic ring is 1. The number of nitriles is 1. The van der Waals surface area contributed by atoms with Crippen LogP contribution in [0.4, 0.5) is 5.69 Å². The lowest BCUT2D eigenvalue weighted by Gasteiger charge is -2.32. The van der Waals surface area contributed by atoms with Crippen LogP contribution >= 0.6 is 11.6 Å². The SMILES string of the molecule is CC1(C)OB(c2cc(N)ccc2Oc2ccc(Cl)cc2C#N)OC1(C)C. The minimum absolute atomic E-state index is 0.342. The van der Waals surface area contributed by atoms with E-state index in [1.54, 1.807) is 36.4 Å². The van der Waals surface area contributed by atoms with Crippen LogP contribution in [0.3, 0.4) is 0 Å². The van der Waals surface area contributed by atoms with Crippen LogP contribution in [0.5, 0.6) is 11.5 Å². The minimum atomic E-state index is -0.628. The first-order chi connectivity index (χ1) is 12.1. The van der Waals surface area contributed by atoms with Gasteiger partial charge >= 0.3 is 7.12 Å². The van der Waals surface area contributed by atoms with Gasteiger partial charge in [-0.25, -0.2) is 0 Å². The number of hydrogen-bond acceptors (Lipinski definition) is 5. The first kappa shape index (κ1) is 18.6. The molecule has 0 amide bonds. The maximum absolute atomic E-state index is 9.33. The number of hydrogen-bond donors (Lipinski definition) is 1. The molecule has 26 heavy (non-hydrogen) atoms. The summed E-state index contributed by atoms with van der Waals surface area (Å²) in [5.41, 5.74) is 6.57. The molecule has 1 fully saturated rings. The molecule has 0 radical (unpaired) electrons. The average Bonchev–Trinajstić information content (AvgIpc) is 2.78. The first-order valence-electron chi connectivity index (χ1n) is 8.25. The first-order valence-corrected chi connectivity index (χ1v) is 8.63. The normalized spacial score (nSPS) is 17.8. The number of nitrogens with zero attached hydrogens (tertiary/aromatic N) is 1. The van der Waals surface area contributed by atoms with Crippen LogP contribution in [0.2, 0.25) is 5.02 Å². The Morgan fingerprint density at radius 3 is 2.27 bits per heavy atom. The Bertz CT molecular complexity index is 877. The quantitative estimate of drug-likeness (QED) is 0.655. The average molecular weight is 371 g/mol. The largest absolute Gasteiger partial charge is 0.498 e. The van der Waals surface area contributed by atoms with Gasteiger partial charge in [-0.3, -0.25) is 0 Å². The summed E-state index contributed by atoms with van der Waals surface area (Å²) in [6.07, 6.45) is 0. The zero-order valence-electron chi connectivity index (χ0n) is 15.2. The van der Waals surface area contributed by atoms with Gasteiger partial charge in [0.05, 0.1) is 16.8 Å². The lowest BCUT2D eigenvalue weighted by molar-refractivity contribution is 0.00578. The molecule has 1 aliphatic heterocycles. The number of nitrogens with two attached hydrogens (primary N) is 1. The van der Waals surface area contributed by atoms with E-state index in [1.807, 2.05) is 27.7 Å². The van der Waals surface area contributed by atoms with Gasteiger partial charge in [-0.2, -0.15) is 5.26 Å². The van der Waals surface area contributed by atoms with Crippen molar-refractivity contribution in [2.24, 2.45) is 0 Å². The molecular weight excluding hydrogens is 350 g/mol. The van der Waals surface area contributed by atoms with Crippen molar-refractivity contribution in [1.82, 2.24) is 0 Å². The van der Waals surface area contributed by atoms with Gasteiger partial charge in [-0.1, -0.05) is 11.6 Å². The Morgan fingerprint density at radius 1 is 1.04 bits per heavy atom. The predicted molar refractivity (Wildman–Crippen MR) is 103 cm³/mol. The zero-order valence-corrected chi connectivity index (χ0v) is 15.9. The molecule has 0 atom stereocenters. The maximum Gasteiger partial charge on any atom is 0.498 e. The Morgan fingerprint density at radius 2 is 1.65 bits per heavy atom. The van der Waals surface area contributed by atoms with E-state index in [0.717, 1.165) is 0 Å². The lowest BCUT2D eigenvalue weighted by atomic mass is 9.78. The predicted octanol–water partition coefficient (Wildman–Crippen LogP) is 3.89. The van der Waals surface area contributed by atoms with Crippen LogP contribution in [0.25, 0.3) is 0 Å². The second kappa shape index (κ2) is 6.51. The number of rotatable bonds is 3. The highest BCUT2D eigenvalue weighted by Crippen LogP contribution is 2.38. The van der Waals surface area contributed by atoms with E-state index in [9.17, 15) is 5.26 Å². The summed E-state index contributed by atoms with van der Waals surface area (Å²) in [5, 5.41) is 9.79. The van der Waals surface area contributed by atoms with Crippen LogP contribution in [0.15, 0.2) is 36.4 Å². The monoisotopic (exact) mass is 370 g/mol. The Hall–Kier alpha value is -2.20. The molecule has 7 heteroatoms. The zero-order chi connectivity index (χ0) is 19.1. The smallest absolute Gasteiger partial charge is 0.456 e. The standard InChI is InChI=1S/C19H20BClN2O3/c1-18(2)19(3,4)26-20(25-18)15-10-14(23)6-8-17(15)24-16-7-5-13(21)9-12(16)11-22/h5-10H,23H2,1-4H3. The van der Waals surface area contributed by atoms with E-state index >= 15 is 0 Å². The van der Waals surface area contributed by atoms with E-state index in [-0.39, 0.29) is 0 Å². The fourth-order valence-electron chi connectivity index (χ4n) is 2.61. The molecule has 2 aromatic rings. The molecule has 0 spiro atoms. The van der Waals surface area contributed by atoms with Crippen LogP contribution in [0, 0.1) is 11.3 Å². The number of benzene rings is 2. The number of ether oxygens (including phenoxy) is 1. The van der Waals surface area contributed by atoms with E-state index in [0.29, 0.717) is 33.2 Å². The van der Waals surface area contributed by atoms with Crippen molar-refractivity contribution in [3.05, 3.63) is 47.0 Å². The molecule has 2 aromatic carbocycles. The van der Waals surface area contributed by atoms with E-state index in [1.165, 1.54) is 0 Å². The summed E-state index contributed by atoms with van der Waals surface area (Å²) < 4.78 is 18.2. The Labute approximate surface area is 158 Å². The molecule has 1 saturated heterocycles. The molecule has 1 aliphatic rings. The summed E-state index contributed by atoms with van der Waals surface area (Å²) in [6, 6.07) is 12.2. The highest BCUT2D eigenvalue weighted by Gasteiger charge is 2.52. The lowest BCUT2D eigenvalue weighted by Crippen LogP contribution is -2.41. The fraction of sp³-hybridized carbons (Fsp3) is 0.316. The number of anilines is 1. The summed E-state index contributed by atoms with van der Waals surface area (Å²) in [7, 11) is -0.628. The van der Waals surface area contributed by atoms with Gasteiger partial charge in [0.15, 0.2) is 0 Å². The van der Waals surface area contributed by atoms with Crippen LogP contribution in [-0.2, 0) is 9.31 Å². The molecule has 1 heterocycles. The maximum atomic E-state index is 9.33. The highest BCUT2D eigenvalue weighted by molar-refractivity contribution is 6.63. The van der Waals surface area contributed by atoms with Gasteiger partial charge in [0.2, 0.25) is 0 Å². The molecule has 5 nitrogen and oxygen atoms in total. The van der Waals surface area contributed by atoms with E-state index in [2.05, 4.69) is 6.07 Å². The Balaban J connectivity index is 2.00. The molecule has 0 unspecified atom stereocenters.